The molecule has 0 aliphatic carbocycles. The molecule has 0 saturated carbocycles. The standard InChI is InChI=1S/C17H20N2OS/c1-12-15-9-11-21-16(15)8-10-19(12)17(20)7-4-13-2-5-14(18)6-3-13/h2-3,5-6,9,11-12H,4,7-8,10,18H2,1H3. The van der Waals surface area contributed by atoms with Gasteiger partial charge in [0.1, 0.15) is 0 Å². The third-order valence-electron chi connectivity index (χ3n) is 4.20. The Morgan fingerprint density at radius 1 is 1.33 bits per heavy atom. The van der Waals surface area contributed by atoms with Crippen LogP contribution in [-0.4, -0.2) is 17.4 Å². The summed E-state index contributed by atoms with van der Waals surface area (Å²) in [7, 11) is 0. The lowest BCUT2D eigenvalue weighted by Gasteiger charge is -2.33. The zero-order chi connectivity index (χ0) is 14.8. The first-order valence-electron chi connectivity index (χ1n) is 7.35. The van der Waals surface area contributed by atoms with Crippen molar-refractivity contribution in [3.05, 3.63) is 51.7 Å². The lowest BCUT2D eigenvalue weighted by Crippen LogP contribution is -2.38. The van der Waals surface area contributed by atoms with E-state index >= 15 is 0 Å². The van der Waals surface area contributed by atoms with Crippen molar-refractivity contribution in [3.63, 3.8) is 0 Å². The van der Waals surface area contributed by atoms with E-state index in [0.29, 0.717) is 6.42 Å². The quantitative estimate of drug-likeness (QED) is 0.883. The molecular formula is C17H20N2OS. The molecule has 3 rings (SSSR count). The highest BCUT2D eigenvalue weighted by Gasteiger charge is 2.27. The summed E-state index contributed by atoms with van der Waals surface area (Å²) in [4.78, 5) is 15.9. The van der Waals surface area contributed by atoms with Gasteiger partial charge in [0, 0.05) is 23.5 Å². The molecule has 21 heavy (non-hydrogen) atoms. The van der Waals surface area contributed by atoms with E-state index in [0.717, 1.165) is 25.1 Å². The van der Waals surface area contributed by atoms with Gasteiger partial charge >= 0.3 is 0 Å². The van der Waals surface area contributed by atoms with Crippen molar-refractivity contribution in [3.8, 4) is 0 Å². The molecule has 2 N–H and O–H groups in total. The summed E-state index contributed by atoms with van der Waals surface area (Å²) in [5, 5.41) is 2.13. The second-order valence-corrected chi connectivity index (χ2v) is 6.55. The predicted molar refractivity (Wildman–Crippen MR) is 87.3 cm³/mol. The average Bonchev–Trinajstić information content (AvgIpc) is 2.96. The van der Waals surface area contributed by atoms with Gasteiger partial charge in [0.05, 0.1) is 6.04 Å². The van der Waals surface area contributed by atoms with Gasteiger partial charge in [-0.2, -0.15) is 0 Å². The molecule has 110 valence electrons. The van der Waals surface area contributed by atoms with E-state index in [1.54, 1.807) is 11.3 Å². The maximum Gasteiger partial charge on any atom is 0.223 e. The van der Waals surface area contributed by atoms with Crippen LogP contribution < -0.4 is 5.73 Å². The normalized spacial score (nSPS) is 17.6. The Labute approximate surface area is 129 Å². The molecule has 1 aliphatic rings. The highest BCUT2D eigenvalue weighted by atomic mass is 32.1. The summed E-state index contributed by atoms with van der Waals surface area (Å²) in [5.41, 5.74) is 8.93. The predicted octanol–water partition coefficient (Wildman–Crippen LogP) is 3.41. The zero-order valence-electron chi connectivity index (χ0n) is 12.2. The zero-order valence-corrected chi connectivity index (χ0v) is 13.0. The van der Waals surface area contributed by atoms with Crippen LogP contribution in [0.15, 0.2) is 35.7 Å². The van der Waals surface area contributed by atoms with Crippen LogP contribution in [0.5, 0.6) is 0 Å². The fraction of sp³-hybridized carbons (Fsp3) is 0.353. The number of benzene rings is 1. The van der Waals surface area contributed by atoms with Gasteiger partial charge in [0.15, 0.2) is 0 Å². The molecule has 1 aromatic carbocycles. The van der Waals surface area contributed by atoms with Crippen LogP contribution >= 0.6 is 11.3 Å². The molecule has 0 saturated heterocycles. The van der Waals surface area contributed by atoms with E-state index < -0.39 is 0 Å². The number of rotatable bonds is 3. The Kier molecular flexibility index (Phi) is 3.97. The maximum absolute atomic E-state index is 12.5. The third-order valence-corrected chi connectivity index (χ3v) is 5.20. The van der Waals surface area contributed by atoms with E-state index in [4.69, 9.17) is 5.73 Å². The molecule has 1 aromatic heterocycles. The topological polar surface area (TPSA) is 46.3 Å². The SMILES string of the molecule is CC1c2ccsc2CCN1C(=O)CCc1ccc(N)cc1. The van der Waals surface area contributed by atoms with Crippen molar-refractivity contribution in [2.45, 2.75) is 32.2 Å². The molecule has 0 radical (unpaired) electrons. The summed E-state index contributed by atoms with van der Waals surface area (Å²) in [5.74, 6) is 0.246. The Bertz CT molecular complexity index is 632. The molecule has 1 unspecified atom stereocenters. The Balaban J connectivity index is 1.62. The van der Waals surface area contributed by atoms with Gasteiger partial charge in [-0.05, 0) is 54.5 Å². The van der Waals surface area contributed by atoms with Crippen LogP contribution in [0.2, 0.25) is 0 Å². The average molecular weight is 300 g/mol. The van der Waals surface area contributed by atoms with E-state index in [-0.39, 0.29) is 11.9 Å². The van der Waals surface area contributed by atoms with Crippen LogP contribution in [0.4, 0.5) is 5.69 Å². The molecule has 1 aliphatic heterocycles. The largest absolute Gasteiger partial charge is 0.399 e. The molecule has 2 heterocycles. The summed E-state index contributed by atoms with van der Waals surface area (Å²) in [6, 6.07) is 10.1. The van der Waals surface area contributed by atoms with Crippen molar-refractivity contribution in [1.29, 1.82) is 0 Å². The van der Waals surface area contributed by atoms with Gasteiger partial charge in [0.2, 0.25) is 5.91 Å². The van der Waals surface area contributed by atoms with E-state index in [2.05, 4.69) is 18.4 Å². The van der Waals surface area contributed by atoms with Gasteiger partial charge in [-0.1, -0.05) is 12.1 Å². The number of hydrogen-bond donors (Lipinski definition) is 1. The number of thiophene rings is 1. The molecule has 4 heteroatoms. The van der Waals surface area contributed by atoms with E-state index in [1.165, 1.54) is 16.0 Å². The summed E-state index contributed by atoms with van der Waals surface area (Å²) < 4.78 is 0. The molecular weight excluding hydrogens is 280 g/mol. The van der Waals surface area contributed by atoms with Gasteiger partial charge < -0.3 is 10.6 Å². The van der Waals surface area contributed by atoms with Gasteiger partial charge in [-0.25, -0.2) is 0 Å². The van der Waals surface area contributed by atoms with Crippen molar-refractivity contribution in [2.75, 3.05) is 12.3 Å². The van der Waals surface area contributed by atoms with Crippen LogP contribution in [0.1, 0.15) is 35.4 Å². The summed E-state index contributed by atoms with van der Waals surface area (Å²) in [6.45, 7) is 2.97. The van der Waals surface area contributed by atoms with Crippen molar-refractivity contribution < 1.29 is 4.79 Å². The number of amides is 1. The van der Waals surface area contributed by atoms with Gasteiger partial charge in [-0.3, -0.25) is 4.79 Å². The van der Waals surface area contributed by atoms with Crippen molar-refractivity contribution in [2.24, 2.45) is 0 Å². The van der Waals surface area contributed by atoms with E-state index in [9.17, 15) is 4.79 Å². The molecule has 0 bridgehead atoms. The fourth-order valence-corrected chi connectivity index (χ4v) is 3.89. The number of hydrogen-bond acceptors (Lipinski definition) is 3. The number of aryl methyl sites for hydroxylation is 1. The lowest BCUT2D eigenvalue weighted by molar-refractivity contribution is -0.133. The first-order chi connectivity index (χ1) is 10.1. The van der Waals surface area contributed by atoms with Crippen molar-refractivity contribution in [1.82, 2.24) is 4.90 Å². The summed E-state index contributed by atoms with van der Waals surface area (Å²) >= 11 is 1.80. The highest BCUT2D eigenvalue weighted by molar-refractivity contribution is 7.10. The summed E-state index contributed by atoms with van der Waals surface area (Å²) in [6.07, 6.45) is 2.33. The minimum absolute atomic E-state index is 0.207. The second-order valence-electron chi connectivity index (χ2n) is 5.55. The molecule has 0 spiro atoms. The van der Waals surface area contributed by atoms with Crippen LogP contribution in [0.25, 0.3) is 0 Å². The number of nitrogens with two attached hydrogens (primary N) is 1. The number of nitrogen functional groups attached to an aromatic ring is 1. The lowest BCUT2D eigenvalue weighted by atomic mass is 10.0. The highest BCUT2D eigenvalue weighted by Crippen LogP contribution is 2.33. The van der Waals surface area contributed by atoms with Gasteiger partial charge in [0.25, 0.3) is 0 Å². The molecule has 3 nitrogen and oxygen atoms in total. The number of carbonyl (C=O) groups is 1. The van der Waals surface area contributed by atoms with Crippen molar-refractivity contribution >= 4 is 22.9 Å². The Morgan fingerprint density at radius 2 is 2.10 bits per heavy atom. The minimum atomic E-state index is 0.207. The number of nitrogens with zero attached hydrogens (tertiary/aromatic N) is 1. The second kappa shape index (κ2) is 5.90. The fourth-order valence-electron chi connectivity index (χ4n) is 2.93. The third kappa shape index (κ3) is 2.95. The number of carbonyl (C=O) groups excluding carboxylic acids is 1. The first kappa shape index (κ1) is 14.1. The molecule has 1 atom stereocenters. The minimum Gasteiger partial charge on any atom is -0.399 e. The Morgan fingerprint density at radius 3 is 2.86 bits per heavy atom. The first-order valence-corrected chi connectivity index (χ1v) is 8.23. The number of anilines is 1. The van der Waals surface area contributed by atoms with Crippen LogP contribution in [0, 0.1) is 0 Å². The van der Waals surface area contributed by atoms with Crippen LogP contribution in [0.3, 0.4) is 0 Å². The van der Waals surface area contributed by atoms with E-state index in [1.807, 2.05) is 29.2 Å². The Hall–Kier alpha value is -1.81. The number of fused-ring (bicyclic) bond motifs is 1. The molecule has 1 amide bonds. The monoisotopic (exact) mass is 300 g/mol. The molecule has 0 fully saturated rings. The smallest absolute Gasteiger partial charge is 0.223 e. The van der Waals surface area contributed by atoms with Crippen LogP contribution in [-0.2, 0) is 17.6 Å². The van der Waals surface area contributed by atoms with Gasteiger partial charge in [-0.15, -0.1) is 11.3 Å². The molecule has 2 aromatic rings. The maximum atomic E-state index is 12.5.